The minimum Gasteiger partial charge on any atom is -0.457 e. The minimum absolute atomic E-state index is 0.0248. The van der Waals surface area contributed by atoms with Crippen molar-refractivity contribution in [2.75, 3.05) is 0 Å². The van der Waals surface area contributed by atoms with Gasteiger partial charge in [0.15, 0.2) is 0 Å². The first-order valence-corrected chi connectivity index (χ1v) is 9.83. The summed E-state index contributed by atoms with van der Waals surface area (Å²) in [5.74, 6) is 0.352. The molecule has 2 heteroatoms. The molecule has 2 atom stereocenters. The van der Waals surface area contributed by atoms with Crippen LogP contribution in [0.2, 0.25) is 0 Å². The molecule has 2 unspecified atom stereocenters. The fourth-order valence-electron chi connectivity index (χ4n) is 3.90. The number of hydrogen-bond acceptors (Lipinski definition) is 2. The maximum Gasteiger partial charge on any atom is 0.310 e. The molecule has 2 rings (SSSR count). The van der Waals surface area contributed by atoms with E-state index in [4.69, 9.17) is 4.74 Å². The molecule has 1 fully saturated rings. The quantitative estimate of drug-likeness (QED) is 0.565. The lowest BCUT2D eigenvalue weighted by Gasteiger charge is -2.35. The third-order valence-electron chi connectivity index (χ3n) is 5.35. The summed E-state index contributed by atoms with van der Waals surface area (Å²) < 4.78 is 6.22. The zero-order valence-electron chi connectivity index (χ0n) is 17.0. The highest BCUT2D eigenvalue weighted by Gasteiger charge is 2.38. The van der Waals surface area contributed by atoms with Crippen molar-refractivity contribution in [1.29, 1.82) is 0 Å². The molecule has 0 radical (unpaired) electrons. The summed E-state index contributed by atoms with van der Waals surface area (Å²) in [6, 6.07) is 10.3. The smallest absolute Gasteiger partial charge is 0.310 e. The van der Waals surface area contributed by atoms with Gasteiger partial charge in [0.25, 0.3) is 0 Å². The highest BCUT2D eigenvalue weighted by atomic mass is 16.5. The fraction of sp³-hybridized carbons (Fsp3) is 0.696. The molecule has 25 heavy (non-hydrogen) atoms. The van der Waals surface area contributed by atoms with Crippen LogP contribution in [0.3, 0.4) is 0 Å². The molecule has 0 N–H and O–H groups in total. The zero-order chi connectivity index (χ0) is 18.7. The van der Waals surface area contributed by atoms with E-state index in [-0.39, 0.29) is 28.8 Å². The Labute approximate surface area is 154 Å². The number of hydrogen-bond donors (Lipinski definition) is 0. The topological polar surface area (TPSA) is 26.3 Å². The zero-order valence-corrected chi connectivity index (χ0v) is 17.0. The van der Waals surface area contributed by atoms with Gasteiger partial charge in [0, 0.05) is 5.92 Å². The molecule has 1 aliphatic rings. The first-order chi connectivity index (χ1) is 11.6. The lowest BCUT2D eigenvalue weighted by Crippen LogP contribution is -2.35. The molecule has 1 aromatic rings. The second kappa shape index (κ2) is 7.93. The Morgan fingerprint density at radius 3 is 2.08 bits per heavy atom. The normalized spacial score (nSPS) is 18.8. The van der Waals surface area contributed by atoms with Crippen molar-refractivity contribution in [3.63, 3.8) is 0 Å². The lowest BCUT2D eigenvalue weighted by molar-refractivity contribution is -0.163. The molecule has 2 nitrogen and oxygen atoms in total. The predicted molar refractivity (Wildman–Crippen MR) is 104 cm³/mol. The van der Waals surface area contributed by atoms with E-state index < -0.39 is 0 Å². The summed E-state index contributed by atoms with van der Waals surface area (Å²) >= 11 is 0. The van der Waals surface area contributed by atoms with E-state index in [1.54, 1.807) is 0 Å². The number of carbonyl (C=O) groups is 1. The van der Waals surface area contributed by atoms with Crippen molar-refractivity contribution in [1.82, 2.24) is 0 Å². The molecule has 0 heterocycles. The van der Waals surface area contributed by atoms with Crippen LogP contribution in [0.1, 0.15) is 85.3 Å². The Bertz CT molecular complexity index is 542. The maximum absolute atomic E-state index is 13.2. The SMILES string of the molecule is CC(C)(C)CC(C(=O)OC(c1ccccc1)C1CCCC1)C(C)(C)C. The standard InChI is InChI=1S/C23H36O2/c1-22(2,3)16-19(23(4,5)6)21(24)25-20(18-14-10-11-15-18)17-12-8-7-9-13-17/h7-9,12-13,18-20H,10-11,14-16H2,1-6H3. The molecule has 0 aromatic heterocycles. The molecule has 1 aliphatic carbocycles. The van der Waals surface area contributed by atoms with Crippen LogP contribution in [0.4, 0.5) is 0 Å². The van der Waals surface area contributed by atoms with E-state index in [1.165, 1.54) is 12.8 Å². The Morgan fingerprint density at radius 1 is 1.04 bits per heavy atom. The average molecular weight is 345 g/mol. The van der Waals surface area contributed by atoms with Crippen LogP contribution in [-0.2, 0) is 9.53 Å². The molecular formula is C23H36O2. The van der Waals surface area contributed by atoms with E-state index in [9.17, 15) is 4.79 Å². The summed E-state index contributed by atoms with van der Waals surface area (Å²) in [5, 5.41) is 0. The van der Waals surface area contributed by atoms with Crippen LogP contribution in [0.5, 0.6) is 0 Å². The predicted octanol–water partition coefficient (Wildman–Crippen LogP) is 6.56. The van der Waals surface area contributed by atoms with E-state index in [2.05, 4.69) is 53.7 Å². The average Bonchev–Trinajstić information content (AvgIpc) is 3.03. The third-order valence-corrected chi connectivity index (χ3v) is 5.35. The van der Waals surface area contributed by atoms with Crippen LogP contribution in [-0.4, -0.2) is 5.97 Å². The monoisotopic (exact) mass is 344 g/mol. The van der Waals surface area contributed by atoms with Crippen molar-refractivity contribution in [3.8, 4) is 0 Å². The fourth-order valence-corrected chi connectivity index (χ4v) is 3.90. The van der Waals surface area contributed by atoms with E-state index in [0.717, 1.165) is 24.8 Å². The Morgan fingerprint density at radius 2 is 1.60 bits per heavy atom. The molecular weight excluding hydrogens is 308 g/mol. The van der Waals surface area contributed by atoms with Crippen molar-refractivity contribution < 1.29 is 9.53 Å². The van der Waals surface area contributed by atoms with E-state index in [1.807, 2.05) is 18.2 Å². The second-order valence-corrected chi connectivity index (χ2v) is 10.00. The third kappa shape index (κ3) is 5.87. The first kappa shape index (κ1) is 20.0. The maximum atomic E-state index is 13.2. The summed E-state index contributed by atoms with van der Waals surface area (Å²) in [6.07, 6.45) is 5.56. The summed E-state index contributed by atoms with van der Waals surface area (Å²) in [6.45, 7) is 13.0. The van der Waals surface area contributed by atoms with Gasteiger partial charge in [-0.25, -0.2) is 0 Å². The van der Waals surface area contributed by atoms with Crippen molar-refractivity contribution >= 4 is 5.97 Å². The van der Waals surface area contributed by atoms with Crippen molar-refractivity contribution in [3.05, 3.63) is 35.9 Å². The van der Waals surface area contributed by atoms with E-state index >= 15 is 0 Å². The number of carbonyl (C=O) groups excluding carboxylic acids is 1. The van der Waals surface area contributed by atoms with Gasteiger partial charge in [0.1, 0.15) is 6.10 Å². The van der Waals surface area contributed by atoms with Crippen LogP contribution < -0.4 is 0 Å². The van der Waals surface area contributed by atoms with Gasteiger partial charge in [-0.1, -0.05) is 84.7 Å². The molecule has 0 bridgehead atoms. The second-order valence-electron chi connectivity index (χ2n) is 10.00. The lowest BCUT2D eigenvalue weighted by atomic mass is 9.72. The van der Waals surface area contributed by atoms with Gasteiger partial charge in [-0.05, 0) is 35.7 Å². The van der Waals surface area contributed by atoms with Crippen molar-refractivity contribution in [2.24, 2.45) is 22.7 Å². The Kier molecular flexibility index (Phi) is 6.35. The molecule has 1 aromatic carbocycles. The molecule has 0 aliphatic heterocycles. The number of esters is 1. The van der Waals surface area contributed by atoms with Gasteiger partial charge in [-0.15, -0.1) is 0 Å². The van der Waals surface area contributed by atoms with Crippen LogP contribution in [0.25, 0.3) is 0 Å². The van der Waals surface area contributed by atoms with Crippen LogP contribution in [0.15, 0.2) is 30.3 Å². The molecule has 140 valence electrons. The number of benzene rings is 1. The van der Waals surface area contributed by atoms with Crippen LogP contribution in [0, 0.1) is 22.7 Å². The highest BCUT2D eigenvalue weighted by Crippen LogP contribution is 2.42. The Hall–Kier alpha value is -1.31. The van der Waals surface area contributed by atoms with Gasteiger partial charge in [0.05, 0.1) is 5.92 Å². The molecule has 1 saturated carbocycles. The molecule has 0 saturated heterocycles. The summed E-state index contributed by atoms with van der Waals surface area (Å²) in [7, 11) is 0. The van der Waals surface area contributed by atoms with Crippen LogP contribution >= 0.6 is 0 Å². The van der Waals surface area contributed by atoms with Crippen molar-refractivity contribution in [2.45, 2.75) is 79.8 Å². The Balaban J connectivity index is 2.22. The molecule has 0 amide bonds. The largest absolute Gasteiger partial charge is 0.457 e. The number of ether oxygens (including phenoxy) is 1. The highest BCUT2D eigenvalue weighted by molar-refractivity contribution is 5.73. The van der Waals surface area contributed by atoms with Gasteiger partial charge in [-0.2, -0.15) is 0 Å². The number of rotatable bonds is 5. The van der Waals surface area contributed by atoms with Gasteiger partial charge in [0.2, 0.25) is 0 Å². The summed E-state index contributed by atoms with van der Waals surface area (Å²) in [4.78, 5) is 13.2. The van der Waals surface area contributed by atoms with Gasteiger partial charge >= 0.3 is 5.97 Å². The minimum atomic E-state index is -0.0963. The van der Waals surface area contributed by atoms with Gasteiger partial charge < -0.3 is 4.74 Å². The summed E-state index contributed by atoms with van der Waals surface area (Å²) in [5.41, 5.74) is 1.15. The first-order valence-electron chi connectivity index (χ1n) is 9.83. The van der Waals surface area contributed by atoms with Gasteiger partial charge in [-0.3, -0.25) is 4.79 Å². The van der Waals surface area contributed by atoms with E-state index in [0.29, 0.717) is 5.92 Å². The molecule has 0 spiro atoms.